The van der Waals surface area contributed by atoms with Crippen LogP contribution >= 0.6 is 11.6 Å². The van der Waals surface area contributed by atoms with Crippen LogP contribution in [0.15, 0.2) is 36.5 Å². The normalized spacial score (nSPS) is 14.7. The number of piperidine rings is 1. The highest BCUT2D eigenvalue weighted by Crippen LogP contribution is 2.34. The molecule has 4 rings (SSSR count). The summed E-state index contributed by atoms with van der Waals surface area (Å²) >= 11 is 5.91. The number of pyridine rings is 1. The zero-order valence-electron chi connectivity index (χ0n) is 21.7. The first-order valence-corrected chi connectivity index (χ1v) is 12.6. The van der Waals surface area contributed by atoms with E-state index in [1.54, 1.807) is 6.07 Å². The van der Waals surface area contributed by atoms with Crippen molar-refractivity contribution in [1.82, 2.24) is 14.8 Å². The monoisotopic (exact) mass is 534 g/mol. The van der Waals surface area contributed by atoms with Gasteiger partial charge in [0.25, 0.3) is 5.69 Å². The molecule has 0 bridgehead atoms. The quantitative estimate of drug-likeness (QED) is 0.254. The van der Waals surface area contributed by atoms with E-state index in [1.807, 2.05) is 20.9 Å². The van der Waals surface area contributed by atoms with Crippen LogP contribution in [0, 0.1) is 39.1 Å². The summed E-state index contributed by atoms with van der Waals surface area (Å²) in [5, 5.41) is 25.0. The van der Waals surface area contributed by atoms with E-state index >= 15 is 0 Å². The molecule has 10 heteroatoms. The maximum Gasteiger partial charge on any atom is 0.285 e. The van der Waals surface area contributed by atoms with Crippen LogP contribution < -0.4 is 5.32 Å². The van der Waals surface area contributed by atoms with Gasteiger partial charge in [0, 0.05) is 29.4 Å². The topological polar surface area (TPSA) is 98.3 Å². The fourth-order valence-electron chi connectivity index (χ4n) is 4.56. The molecular weight excluding hydrogens is 507 g/mol. The third-order valence-corrected chi connectivity index (χ3v) is 7.40. The van der Waals surface area contributed by atoms with E-state index < -0.39 is 16.3 Å². The number of nitriles is 1. The smallest absolute Gasteiger partial charge is 0.285 e. The number of benzene rings is 2. The van der Waals surface area contributed by atoms with Crippen molar-refractivity contribution in [2.24, 2.45) is 0 Å². The van der Waals surface area contributed by atoms with Gasteiger partial charge in [-0.25, -0.2) is 4.39 Å². The highest BCUT2D eigenvalue weighted by atomic mass is 35.5. The summed E-state index contributed by atoms with van der Waals surface area (Å²) in [5.74, 6) is 5.70. The van der Waals surface area contributed by atoms with E-state index in [-0.39, 0.29) is 21.8 Å². The van der Waals surface area contributed by atoms with Crippen molar-refractivity contribution in [3.63, 3.8) is 0 Å². The largest absolute Gasteiger partial charge is 0.354 e. The minimum Gasteiger partial charge on any atom is -0.354 e. The van der Waals surface area contributed by atoms with Gasteiger partial charge in [0.15, 0.2) is 0 Å². The third kappa shape index (κ3) is 5.71. The molecule has 3 aromatic rings. The lowest BCUT2D eigenvalue weighted by Crippen LogP contribution is -2.50. The number of nitrogens with zero attached hydrogens (tertiary/aromatic N) is 5. The molecular formula is C28H28ClFN6O2. The Morgan fingerprint density at radius 2 is 1.97 bits per heavy atom. The molecule has 1 N–H and O–H groups in total. The predicted molar refractivity (Wildman–Crippen MR) is 147 cm³/mol. The van der Waals surface area contributed by atoms with Gasteiger partial charge in [-0.05, 0) is 78.1 Å². The summed E-state index contributed by atoms with van der Waals surface area (Å²) in [4.78, 5) is 20.5. The molecule has 1 fully saturated rings. The molecule has 0 amide bonds. The lowest BCUT2D eigenvalue weighted by molar-refractivity contribution is -0.385. The van der Waals surface area contributed by atoms with Crippen molar-refractivity contribution in [3.8, 4) is 17.9 Å². The zero-order valence-corrected chi connectivity index (χ0v) is 22.4. The van der Waals surface area contributed by atoms with E-state index in [0.29, 0.717) is 28.3 Å². The van der Waals surface area contributed by atoms with Gasteiger partial charge in [-0.1, -0.05) is 23.4 Å². The molecule has 0 saturated carbocycles. The summed E-state index contributed by atoms with van der Waals surface area (Å²) in [7, 11) is 4.16. The molecule has 0 spiro atoms. The molecule has 196 valence electrons. The first kappa shape index (κ1) is 27.3. The van der Waals surface area contributed by atoms with Gasteiger partial charge < -0.3 is 10.2 Å². The van der Waals surface area contributed by atoms with Crippen molar-refractivity contribution in [2.45, 2.75) is 38.3 Å². The molecule has 0 radical (unpaired) electrons. The van der Waals surface area contributed by atoms with Crippen LogP contribution in [0.1, 0.15) is 37.8 Å². The maximum absolute atomic E-state index is 13.6. The highest BCUT2D eigenvalue weighted by Gasteiger charge is 2.30. The fraction of sp³-hybridized carbons (Fsp3) is 0.357. The van der Waals surface area contributed by atoms with Gasteiger partial charge in [0.05, 0.1) is 32.3 Å². The van der Waals surface area contributed by atoms with Crippen LogP contribution in [-0.2, 0) is 0 Å². The summed E-state index contributed by atoms with van der Waals surface area (Å²) in [6.45, 7) is 6.06. The number of likely N-dealkylation sites (tertiary alicyclic amines) is 1. The molecule has 8 nitrogen and oxygen atoms in total. The average molecular weight is 535 g/mol. The van der Waals surface area contributed by atoms with Crippen molar-refractivity contribution >= 4 is 39.6 Å². The molecule has 2 heterocycles. The minimum atomic E-state index is -0.583. The second kappa shape index (κ2) is 10.9. The number of hydrogen-bond acceptors (Lipinski definition) is 7. The molecule has 1 aromatic heterocycles. The van der Waals surface area contributed by atoms with Gasteiger partial charge in [0.1, 0.15) is 17.4 Å². The Kier molecular flexibility index (Phi) is 7.84. The molecule has 2 aromatic carbocycles. The van der Waals surface area contributed by atoms with Gasteiger partial charge in [-0.15, -0.1) is 0 Å². The van der Waals surface area contributed by atoms with Crippen molar-refractivity contribution in [3.05, 3.63) is 68.6 Å². The number of nitrogens with one attached hydrogen (secondary N) is 1. The van der Waals surface area contributed by atoms with Crippen LogP contribution in [0.3, 0.4) is 0 Å². The third-order valence-electron chi connectivity index (χ3n) is 7.11. The highest BCUT2D eigenvalue weighted by molar-refractivity contribution is 6.31. The van der Waals surface area contributed by atoms with E-state index in [4.69, 9.17) is 11.6 Å². The molecule has 1 aliphatic heterocycles. The predicted octanol–water partition coefficient (Wildman–Crippen LogP) is 5.71. The van der Waals surface area contributed by atoms with Crippen LogP contribution in [0.5, 0.6) is 0 Å². The lowest BCUT2D eigenvalue weighted by Gasteiger charge is -2.41. The molecule has 1 aliphatic rings. The van der Waals surface area contributed by atoms with E-state index in [2.05, 4.69) is 45.1 Å². The number of hydrogen-bond donors (Lipinski definition) is 1. The van der Waals surface area contributed by atoms with E-state index in [0.717, 1.165) is 25.9 Å². The van der Waals surface area contributed by atoms with E-state index in [9.17, 15) is 19.8 Å². The molecule has 0 aliphatic carbocycles. The van der Waals surface area contributed by atoms with Crippen LogP contribution in [0.2, 0.25) is 5.02 Å². The van der Waals surface area contributed by atoms with Gasteiger partial charge in [0.2, 0.25) is 0 Å². The molecule has 1 saturated heterocycles. The average Bonchev–Trinajstić information content (AvgIpc) is 2.89. The van der Waals surface area contributed by atoms with Crippen LogP contribution in [-0.4, -0.2) is 58.5 Å². The molecule has 38 heavy (non-hydrogen) atoms. The standard InChI is InChI=1S/C28H28ClFN6O2/c1-28(2,35(4)21-8-11-34(3)12-9-21)10-7-18-13-25-22(15-26(18)36(37)38)27(19(16-31)17-32-25)33-20-5-6-24(30)23(29)14-20/h5-6,13-15,17,21H,8-9,11-12H2,1-4H3,(H,32,33). The van der Waals surface area contributed by atoms with Crippen LogP contribution in [0.25, 0.3) is 10.9 Å². The second-order valence-corrected chi connectivity index (χ2v) is 10.4. The number of nitro benzene ring substituents is 1. The number of fused-ring (bicyclic) bond motifs is 1. The number of nitro groups is 1. The van der Waals surface area contributed by atoms with Gasteiger partial charge in [-0.3, -0.25) is 20.0 Å². The lowest BCUT2D eigenvalue weighted by atomic mass is 9.95. The maximum atomic E-state index is 13.6. The summed E-state index contributed by atoms with van der Waals surface area (Å²) in [6.07, 6.45) is 3.46. The van der Waals surface area contributed by atoms with Crippen molar-refractivity contribution in [1.29, 1.82) is 5.26 Å². The summed E-state index contributed by atoms with van der Waals surface area (Å²) < 4.78 is 13.6. The van der Waals surface area contributed by atoms with Crippen molar-refractivity contribution in [2.75, 3.05) is 32.5 Å². The SMILES string of the molecule is CN1CCC(N(C)C(C)(C)C#Cc2cc3ncc(C#N)c(Nc4ccc(F)c(Cl)c4)c3cc2[N+](=O)[O-])CC1. The molecule has 0 unspecified atom stereocenters. The fourth-order valence-corrected chi connectivity index (χ4v) is 4.74. The first-order valence-electron chi connectivity index (χ1n) is 12.2. The van der Waals surface area contributed by atoms with Crippen molar-refractivity contribution < 1.29 is 9.31 Å². The Hall–Kier alpha value is -3.76. The number of aromatic nitrogens is 1. The second-order valence-electron chi connectivity index (χ2n) is 10.0. The summed E-state index contributed by atoms with van der Waals surface area (Å²) in [5.41, 5.74) is 0.856. The Bertz CT molecular complexity index is 1500. The number of anilines is 2. The number of rotatable bonds is 5. The van der Waals surface area contributed by atoms with Gasteiger partial charge in [-0.2, -0.15) is 5.26 Å². The first-order chi connectivity index (χ1) is 18.0. The summed E-state index contributed by atoms with van der Waals surface area (Å²) in [6, 6.07) is 9.40. The Balaban J connectivity index is 1.75. The Morgan fingerprint density at radius 1 is 1.26 bits per heavy atom. The Labute approximate surface area is 226 Å². The Morgan fingerprint density at radius 3 is 2.61 bits per heavy atom. The van der Waals surface area contributed by atoms with E-state index in [1.165, 1.54) is 30.5 Å². The zero-order chi connectivity index (χ0) is 27.6. The molecule has 0 atom stereocenters. The minimum absolute atomic E-state index is 0.0942. The van der Waals surface area contributed by atoms with Crippen LogP contribution in [0.4, 0.5) is 21.5 Å². The number of halogens is 2. The van der Waals surface area contributed by atoms with Gasteiger partial charge >= 0.3 is 0 Å².